The minimum Gasteiger partial charge on any atom is -0.351 e. The first-order valence-corrected chi connectivity index (χ1v) is 13.9. The molecule has 0 radical (unpaired) electrons. The van der Waals surface area contributed by atoms with Crippen molar-refractivity contribution in [2.75, 3.05) is 49.6 Å². The van der Waals surface area contributed by atoms with E-state index in [9.17, 15) is 4.79 Å². The lowest BCUT2D eigenvalue weighted by Gasteiger charge is -2.41. The Balaban J connectivity index is 1.20. The lowest BCUT2D eigenvalue weighted by molar-refractivity contribution is 0.0911. The molecule has 4 heterocycles. The Labute approximate surface area is 226 Å². The van der Waals surface area contributed by atoms with Crippen LogP contribution >= 0.6 is 0 Å². The second kappa shape index (κ2) is 11.6. The van der Waals surface area contributed by atoms with E-state index in [4.69, 9.17) is 0 Å². The Morgan fingerprint density at radius 1 is 1.03 bits per heavy atom. The molecule has 202 valence electrons. The van der Waals surface area contributed by atoms with Gasteiger partial charge in [0.2, 0.25) is 0 Å². The van der Waals surface area contributed by atoms with E-state index in [2.05, 4.69) is 86.2 Å². The van der Waals surface area contributed by atoms with Crippen LogP contribution in [0, 0.1) is 13.8 Å². The molecule has 3 aliphatic rings. The number of aromatic nitrogens is 4. The number of anilines is 2. The van der Waals surface area contributed by atoms with Crippen molar-refractivity contribution >= 4 is 17.5 Å². The average molecular weight is 517 g/mol. The van der Waals surface area contributed by atoms with E-state index in [1.165, 1.54) is 16.7 Å². The summed E-state index contributed by atoms with van der Waals surface area (Å²) in [6.07, 6.45) is 15.1. The molecule has 1 atom stereocenters. The van der Waals surface area contributed by atoms with Gasteiger partial charge in [-0.05, 0) is 83.3 Å². The standard InChI is InChI=1S/C29H40N8O/c1-20-19-36(28-22(3)21(2)25(33-34-28)16-23-8-6-5-7-9-23)14-15-37(20)27-18-30-26(17-31-27)29(38)32-24-10-12-35(4)13-11-24/h6,8-9,17-18,20,24H,5,7,10-16,19H2,1-4H3,(H,32,38)/t20-/m1/s1. The summed E-state index contributed by atoms with van der Waals surface area (Å²) in [7, 11) is 2.11. The van der Waals surface area contributed by atoms with Crippen LogP contribution in [0.15, 0.2) is 36.2 Å². The smallest absolute Gasteiger partial charge is 0.271 e. The fraction of sp³-hybridized carbons (Fsp3) is 0.552. The van der Waals surface area contributed by atoms with Crippen molar-refractivity contribution in [1.29, 1.82) is 0 Å². The number of amides is 1. The van der Waals surface area contributed by atoms with Gasteiger partial charge in [-0.2, -0.15) is 5.10 Å². The van der Waals surface area contributed by atoms with Gasteiger partial charge in [0.25, 0.3) is 5.91 Å². The van der Waals surface area contributed by atoms with E-state index >= 15 is 0 Å². The van der Waals surface area contributed by atoms with Crippen LogP contribution in [0.3, 0.4) is 0 Å². The van der Waals surface area contributed by atoms with Crippen LogP contribution in [0.25, 0.3) is 0 Å². The summed E-state index contributed by atoms with van der Waals surface area (Å²) >= 11 is 0. The summed E-state index contributed by atoms with van der Waals surface area (Å²) in [6, 6.07) is 0.425. The molecule has 5 rings (SSSR count). The number of likely N-dealkylation sites (tertiary alicyclic amines) is 1. The summed E-state index contributed by atoms with van der Waals surface area (Å²) < 4.78 is 0. The summed E-state index contributed by atoms with van der Waals surface area (Å²) in [4.78, 5) is 28.6. The third-order valence-electron chi connectivity index (χ3n) is 8.19. The quantitative estimate of drug-likeness (QED) is 0.626. The van der Waals surface area contributed by atoms with Crippen LogP contribution in [-0.4, -0.2) is 82.8 Å². The van der Waals surface area contributed by atoms with Crippen molar-refractivity contribution in [3.05, 3.63) is 58.7 Å². The topological polar surface area (TPSA) is 90.4 Å². The van der Waals surface area contributed by atoms with Gasteiger partial charge in [-0.15, -0.1) is 5.10 Å². The number of rotatable bonds is 6. The monoisotopic (exact) mass is 516 g/mol. The molecule has 2 saturated heterocycles. The molecule has 2 aromatic rings. The molecule has 0 bridgehead atoms. The highest BCUT2D eigenvalue weighted by Crippen LogP contribution is 2.27. The van der Waals surface area contributed by atoms with Crippen LogP contribution in [0.4, 0.5) is 11.6 Å². The third-order valence-corrected chi connectivity index (χ3v) is 8.19. The molecule has 0 aromatic carbocycles. The molecule has 1 N–H and O–H groups in total. The van der Waals surface area contributed by atoms with Crippen LogP contribution in [-0.2, 0) is 6.42 Å². The van der Waals surface area contributed by atoms with Crippen molar-refractivity contribution in [1.82, 2.24) is 30.4 Å². The molecule has 9 nitrogen and oxygen atoms in total. The van der Waals surface area contributed by atoms with Gasteiger partial charge < -0.3 is 20.0 Å². The van der Waals surface area contributed by atoms with Crippen molar-refractivity contribution in [2.24, 2.45) is 0 Å². The Kier molecular flexibility index (Phi) is 8.02. The minimum atomic E-state index is -0.139. The van der Waals surface area contributed by atoms with E-state index in [0.717, 1.165) is 82.2 Å². The van der Waals surface area contributed by atoms with E-state index in [-0.39, 0.29) is 18.0 Å². The number of allylic oxidation sites excluding steroid dienone is 4. The summed E-state index contributed by atoms with van der Waals surface area (Å²) in [6.45, 7) is 11.0. The fourth-order valence-corrected chi connectivity index (χ4v) is 5.59. The number of hydrogen-bond donors (Lipinski definition) is 1. The SMILES string of the molecule is Cc1c(CC2=CCCC=C2)nnc(N2CCN(c3cnc(C(=O)NC4CCN(C)CC4)cn3)[C@H](C)C2)c1C. The maximum absolute atomic E-state index is 12.7. The largest absolute Gasteiger partial charge is 0.351 e. The highest BCUT2D eigenvalue weighted by atomic mass is 16.2. The molecule has 2 aliphatic heterocycles. The van der Waals surface area contributed by atoms with Gasteiger partial charge in [0, 0.05) is 38.1 Å². The Bertz CT molecular complexity index is 1200. The average Bonchev–Trinajstić information content (AvgIpc) is 2.93. The molecule has 1 aliphatic carbocycles. The van der Waals surface area contributed by atoms with Crippen molar-refractivity contribution in [2.45, 2.75) is 65.0 Å². The number of carbonyl (C=O) groups excluding carboxylic acids is 1. The molecule has 38 heavy (non-hydrogen) atoms. The molecule has 2 fully saturated rings. The number of nitrogens with one attached hydrogen (secondary N) is 1. The van der Waals surface area contributed by atoms with E-state index in [1.807, 2.05) is 0 Å². The summed E-state index contributed by atoms with van der Waals surface area (Å²) in [5.41, 5.74) is 5.20. The lowest BCUT2D eigenvalue weighted by atomic mass is 9.99. The highest BCUT2D eigenvalue weighted by molar-refractivity contribution is 5.92. The van der Waals surface area contributed by atoms with Crippen molar-refractivity contribution < 1.29 is 4.79 Å². The second-order valence-corrected chi connectivity index (χ2v) is 11.0. The van der Waals surface area contributed by atoms with E-state index in [1.54, 1.807) is 12.4 Å². The number of hydrogen-bond acceptors (Lipinski definition) is 8. The molecular formula is C29H40N8O. The number of carbonyl (C=O) groups is 1. The van der Waals surface area contributed by atoms with Crippen molar-refractivity contribution in [3.8, 4) is 0 Å². The van der Waals surface area contributed by atoms with Crippen molar-refractivity contribution in [3.63, 3.8) is 0 Å². The number of piperazine rings is 1. The van der Waals surface area contributed by atoms with Crippen LogP contribution < -0.4 is 15.1 Å². The zero-order valence-corrected chi connectivity index (χ0v) is 23.2. The summed E-state index contributed by atoms with van der Waals surface area (Å²) in [5, 5.41) is 12.4. The Hall–Kier alpha value is -3.33. The molecule has 0 unspecified atom stereocenters. The molecule has 2 aromatic heterocycles. The molecule has 0 saturated carbocycles. The van der Waals surface area contributed by atoms with Gasteiger partial charge in [-0.25, -0.2) is 9.97 Å². The Morgan fingerprint density at radius 3 is 2.53 bits per heavy atom. The van der Waals surface area contributed by atoms with Crippen LogP contribution in [0.2, 0.25) is 0 Å². The van der Waals surface area contributed by atoms with E-state index < -0.39 is 0 Å². The van der Waals surface area contributed by atoms with Gasteiger partial charge in [0.05, 0.1) is 18.1 Å². The maximum Gasteiger partial charge on any atom is 0.271 e. The predicted octanol–water partition coefficient (Wildman–Crippen LogP) is 3.24. The Morgan fingerprint density at radius 2 is 1.84 bits per heavy atom. The zero-order chi connectivity index (χ0) is 26.6. The summed E-state index contributed by atoms with van der Waals surface area (Å²) in [5.74, 6) is 1.63. The highest BCUT2D eigenvalue weighted by Gasteiger charge is 2.28. The van der Waals surface area contributed by atoms with Gasteiger partial charge in [-0.3, -0.25) is 4.79 Å². The predicted molar refractivity (Wildman–Crippen MR) is 151 cm³/mol. The molecular weight excluding hydrogens is 476 g/mol. The second-order valence-electron chi connectivity index (χ2n) is 11.0. The first-order valence-electron chi connectivity index (χ1n) is 13.9. The fourth-order valence-electron chi connectivity index (χ4n) is 5.59. The van der Waals surface area contributed by atoms with Crippen LogP contribution in [0.1, 0.15) is 59.9 Å². The maximum atomic E-state index is 12.7. The minimum absolute atomic E-state index is 0.139. The number of nitrogens with zero attached hydrogens (tertiary/aromatic N) is 7. The van der Waals surface area contributed by atoms with Gasteiger partial charge in [-0.1, -0.05) is 18.2 Å². The zero-order valence-electron chi connectivity index (χ0n) is 23.2. The first kappa shape index (κ1) is 26.3. The first-order chi connectivity index (χ1) is 18.4. The van der Waals surface area contributed by atoms with E-state index in [0.29, 0.717) is 5.69 Å². The van der Waals surface area contributed by atoms with Gasteiger partial charge in [0.15, 0.2) is 5.82 Å². The lowest BCUT2D eigenvalue weighted by Crippen LogP contribution is -2.53. The molecule has 0 spiro atoms. The van der Waals surface area contributed by atoms with Gasteiger partial charge >= 0.3 is 0 Å². The molecule has 9 heteroatoms. The van der Waals surface area contributed by atoms with Gasteiger partial charge in [0.1, 0.15) is 11.5 Å². The third kappa shape index (κ3) is 5.88. The number of piperidine rings is 1. The molecule has 1 amide bonds. The normalized spacial score (nSPS) is 20.9. The van der Waals surface area contributed by atoms with Crippen LogP contribution in [0.5, 0.6) is 0 Å².